The molecule has 28 heavy (non-hydrogen) atoms. The molecule has 0 aliphatic heterocycles. The third kappa shape index (κ3) is 5.33. The molecule has 0 bridgehead atoms. The average molecular weight is 403 g/mol. The molecule has 0 N–H and O–H groups in total. The lowest BCUT2D eigenvalue weighted by atomic mass is 9.81. The molecule has 7 heteroatoms. The predicted molar refractivity (Wildman–Crippen MR) is 113 cm³/mol. The van der Waals surface area contributed by atoms with Gasteiger partial charge in [0.1, 0.15) is 5.75 Å². The summed E-state index contributed by atoms with van der Waals surface area (Å²) in [5, 5.41) is -0.103. The molecule has 4 nitrogen and oxygen atoms in total. The molecule has 0 heterocycles. The van der Waals surface area contributed by atoms with Crippen LogP contribution in [-0.2, 0) is 9.39 Å². The molecule has 0 aliphatic carbocycles. The second-order valence-corrected chi connectivity index (χ2v) is 9.17. The number of carbonyl (C=O) groups excluding carboxylic acids is 1. The fourth-order valence-corrected chi connectivity index (χ4v) is 2.23. The van der Waals surface area contributed by atoms with Crippen LogP contribution in [0.1, 0.15) is 43.6 Å². The Balaban J connectivity index is 2.11. The van der Waals surface area contributed by atoms with Gasteiger partial charge in [0, 0.05) is 5.16 Å². The molecular formula is C21H26BFO4P. The number of hydrogen-bond donors (Lipinski definition) is 0. The summed E-state index contributed by atoms with van der Waals surface area (Å²) >= 11 is 0. The smallest absolute Gasteiger partial charge is 0.337 e. The first-order valence-corrected chi connectivity index (χ1v) is 9.48. The lowest BCUT2D eigenvalue weighted by Gasteiger charge is -2.39. The number of esters is 1. The topological polar surface area (TPSA) is 44.8 Å². The first-order valence-electron chi connectivity index (χ1n) is 8.91. The van der Waals surface area contributed by atoms with Gasteiger partial charge < -0.3 is 14.1 Å². The van der Waals surface area contributed by atoms with Crippen LogP contribution in [0.15, 0.2) is 36.4 Å². The second kappa shape index (κ2) is 8.63. The van der Waals surface area contributed by atoms with Gasteiger partial charge in [-0.15, -0.1) is 9.24 Å². The third-order valence-electron chi connectivity index (χ3n) is 4.85. The number of benzene rings is 2. The minimum Gasteiger partial charge on any atom is -0.465 e. The summed E-state index contributed by atoms with van der Waals surface area (Å²) in [5.41, 5.74) is 1.60. The summed E-state index contributed by atoms with van der Waals surface area (Å²) in [4.78, 5) is 11.5. The maximum absolute atomic E-state index is 14.2. The van der Waals surface area contributed by atoms with Crippen LogP contribution in [0.5, 0.6) is 11.5 Å². The zero-order chi connectivity index (χ0) is 21.1. The van der Waals surface area contributed by atoms with E-state index >= 15 is 0 Å². The lowest BCUT2D eigenvalue weighted by Crippen LogP contribution is -2.45. The standard InChI is InChI=1S/C21H26BFO4P/c1-13-11-15(8-9-16(13)22-27-20(2,3)21(4,5)28)26-18-10-7-14(12-17(18)23)19(24)25-6/h7-12H,28H2,1-6H3. The van der Waals surface area contributed by atoms with Crippen molar-refractivity contribution in [2.75, 3.05) is 7.11 Å². The number of aryl methyl sites for hydroxylation is 1. The van der Waals surface area contributed by atoms with Gasteiger partial charge >= 0.3 is 13.5 Å². The van der Waals surface area contributed by atoms with E-state index < -0.39 is 11.8 Å². The lowest BCUT2D eigenvalue weighted by molar-refractivity contribution is 0.0600. The highest BCUT2D eigenvalue weighted by molar-refractivity contribution is 7.19. The van der Waals surface area contributed by atoms with Crippen LogP contribution < -0.4 is 10.2 Å². The molecule has 149 valence electrons. The van der Waals surface area contributed by atoms with E-state index in [-0.39, 0.29) is 22.1 Å². The van der Waals surface area contributed by atoms with Crippen molar-refractivity contribution in [3.63, 3.8) is 0 Å². The maximum atomic E-state index is 14.2. The zero-order valence-electron chi connectivity index (χ0n) is 17.1. The Bertz CT molecular complexity index is 862. The summed E-state index contributed by atoms with van der Waals surface area (Å²) in [5.74, 6) is -0.711. The first kappa shape index (κ1) is 22.4. The molecule has 1 atom stereocenters. The Morgan fingerprint density at radius 1 is 1.11 bits per heavy atom. The van der Waals surface area contributed by atoms with E-state index in [4.69, 9.17) is 9.39 Å². The van der Waals surface area contributed by atoms with Crippen molar-refractivity contribution in [2.45, 2.75) is 45.4 Å². The van der Waals surface area contributed by atoms with E-state index in [1.165, 1.54) is 19.2 Å². The van der Waals surface area contributed by atoms with Crippen LogP contribution >= 0.6 is 9.24 Å². The largest absolute Gasteiger partial charge is 0.465 e. The highest BCUT2D eigenvalue weighted by Gasteiger charge is 2.33. The van der Waals surface area contributed by atoms with E-state index in [0.717, 1.165) is 17.1 Å². The normalized spacial score (nSPS) is 11.9. The van der Waals surface area contributed by atoms with Gasteiger partial charge in [-0.3, -0.25) is 0 Å². The molecule has 0 aliphatic rings. The van der Waals surface area contributed by atoms with Crippen LogP contribution in [0, 0.1) is 12.7 Å². The Hall–Kier alpha value is -1.91. The first-order chi connectivity index (χ1) is 12.9. The van der Waals surface area contributed by atoms with E-state index in [0.29, 0.717) is 5.75 Å². The minimum absolute atomic E-state index is 0.0333. The monoisotopic (exact) mass is 403 g/mol. The molecule has 0 spiro atoms. The summed E-state index contributed by atoms with van der Waals surface area (Å²) in [6.45, 7) is 10.2. The SMILES string of the molecule is COC(=O)c1ccc(Oc2ccc([B]OC(C)(C)C(C)(C)P)c(C)c2)c(F)c1. The summed E-state index contributed by atoms with van der Waals surface area (Å²) in [6.07, 6.45) is 0. The predicted octanol–water partition coefficient (Wildman–Crippen LogP) is 4.41. The Labute approximate surface area is 169 Å². The third-order valence-corrected chi connectivity index (χ3v) is 5.55. The van der Waals surface area contributed by atoms with Gasteiger partial charge in [0.25, 0.3) is 0 Å². The van der Waals surface area contributed by atoms with Crippen LogP contribution in [0.2, 0.25) is 0 Å². The molecule has 2 rings (SSSR count). The fourth-order valence-electron chi connectivity index (χ4n) is 2.16. The average Bonchev–Trinajstić information content (AvgIpc) is 2.61. The second-order valence-electron chi connectivity index (χ2n) is 7.72. The van der Waals surface area contributed by atoms with Gasteiger partial charge in [0.2, 0.25) is 0 Å². The highest BCUT2D eigenvalue weighted by Crippen LogP contribution is 2.33. The number of ether oxygens (including phenoxy) is 2. The number of rotatable bonds is 7. The molecule has 0 fully saturated rings. The zero-order valence-corrected chi connectivity index (χ0v) is 18.3. The summed E-state index contributed by atoms with van der Waals surface area (Å²) < 4.78 is 30.4. The van der Waals surface area contributed by atoms with Crippen molar-refractivity contribution >= 4 is 28.2 Å². The van der Waals surface area contributed by atoms with Crippen molar-refractivity contribution in [1.29, 1.82) is 0 Å². The number of methoxy groups -OCH3 is 1. The molecular weight excluding hydrogens is 377 g/mol. The number of hydrogen-bond acceptors (Lipinski definition) is 4. The van der Waals surface area contributed by atoms with Gasteiger partial charge in [-0.1, -0.05) is 30.9 Å². The van der Waals surface area contributed by atoms with Crippen LogP contribution in [0.25, 0.3) is 0 Å². The van der Waals surface area contributed by atoms with E-state index in [1.54, 1.807) is 13.5 Å². The number of carbonyl (C=O) groups is 1. The quantitative estimate of drug-likeness (QED) is 0.391. The van der Waals surface area contributed by atoms with Crippen LogP contribution in [-0.4, -0.2) is 31.3 Å². The molecule has 0 saturated heterocycles. The van der Waals surface area contributed by atoms with Gasteiger partial charge in [0.15, 0.2) is 11.6 Å². The van der Waals surface area contributed by atoms with E-state index in [1.807, 2.05) is 32.9 Å². The van der Waals surface area contributed by atoms with Gasteiger partial charge in [0.05, 0.1) is 18.3 Å². The molecule has 0 amide bonds. The molecule has 1 radical (unpaired) electrons. The maximum Gasteiger partial charge on any atom is 0.337 e. The van der Waals surface area contributed by atoms with Crippen molar-refractivity contribution < 1.29 is 23.3 Å². The minimum atomic E-state index is -0.635. The van der Waals surface area contributed by atoms with Crippen molar-refractivity contribution in [3.05, 3.63) is 53.3 Å². The van der Waals surface area contributed by atoms with Gasteiger partial charge in [-0.25, -0.2) is 9.18 Å². The van der Waals surface area contributed by atoms with Crippen LogP contribution in [0.4, 0.5) is 4.39 Å². The summed E-state index contributed by atoms with van der Waals surface area (Å²) in [6, 6.07) is 9.37. The Morgan fingerprint density at radius 3 is 2.32 bits per heavy atom. The molecule has 2 aromatic rings. The van der Waals surface area contributed by atoms with Crippen molar-refractivity contribution in [1.82, 2.24) is 0 Å². The van der Waals surface area contributed by atoms with E-state index in [9.17, 15) is 9.18 Å². The molecule has 1 unspecified atom stereocenters. The molecule has 2 aromatic carbocycles. The van der Waals surface area contributed by atoms with Crippen LogP contribution in [0.3, 0.4) is 0 Å². The van der Waals surface area contributed by atoms with E-state index in [2.05, 4.69) is 27.8 Å². The van der Waals surface area contributed by atoms with Crippen molar-refractivity contribution in [2.24, 2.45) is 0 Å². The Kier molecular flexibility index (Phi) is 6.90. The highest BCUT2D eigenvalue weighted by atomic mass is 31.0. The summed E-state index contributed by atoms with van der Waals surface area (Å²) in [7, 11) is 5.78. The van der Waals surface area contributed by atoms with Gasteiger partial charge in [-0.05, 0) is 51.1 Å². The van der Waals surface area contributed by atoms with Gasteiger partial charge in [-0.2, -0.15) is 0 Å². The Morgan fingerprint density at radius 2 is 1.79 bits per heavy atom. The van der Waals surface area contributed by atoms with Crippen molar-refractivity contribution in [3.8, 4) is 11.5 Å². The molecule has 0 aromatic heterocycles. The fraction of sp³-hybridized carbons (Fsp3) is 0.381. The number of halogens is 1. The molecule has 0 saturated carbocycles.